The zero-order chi connectivity index (χ0) is 12.8. The van der Waals surface area contributed by atoms with E-state index in [1.165, 1.54) is 19.1 Å². The number of carbonyl (C=O) groups is 1. The van der Waals surface area contributed by atoms with Crippen LogP contribution in [0.2, 0.25) is 0 Å². The van der Waals surface area contributed by atoms with Gasteiger partial charge >= 0.3 is 0 Å². The summed E-state index contributed by atoms with van der Waals surface area (Å²) < 4.78 is 0. The van der Waals surface area contributed by atoms with Gasteiger partial charge in [0, 0.05) is 0 Å². The zero-order valence-electron chi connectivity index (χ0n) is 8.93. The van der Waals surface area contributed by atoms with E-state index in [1.54, 1.807) is 18.2 Å². The van der Waals surface area contributed by atoms with Gasteiger partial charge in [-0.15, -0.1) is 0 Å². The second-order valence-electron chi connectivity index (χ2n) is 3.05. The lowest BCUT2D eigenvalue weighted by Crippen LogP contribution is -1.99. The Morgan fingerprint density at radius 2 is 2.06 bits per heavy atom. The second-order valence-corrected chi connectivity index (χ2v) is 3.05. The van der Waals surface area contributed by atoms with Crippen molar-refractivity contribution in [1.82, 2.24) is 0 Å². The zero-order valence-corrected chi connectivity index (χ0v) is 8.93. The van der Waals surface area contributed by atoms with Gasteiger partial charge in [-0.3, -0.25) is 10.2 Å². The molecule has 0 spiro atoms. The minimum atomic E-state index is -0.377. The Labute approximate surface area is 97.4 Å². The maximum atomic E-state index is 11.1. The number of phenolic OH excluding ortho intramolecular Hbond substituents is 1. The van der Waals surface area contributed by atoms with Gasteiger partial charge in [0.1, 0.15) is 12.1 Å². The fourth-order valence-corrected chi connectivity index (χ4v) is 1.11. The average molecular weight is 228 g/mol. The number of anilines is 1. The molecule has 0 unspecified atom stereocenters. The maximum absolute atomic E-state index is 11.1. The molecule has 6 heteroatoms. The topological polar surface area (TPSA) is 109 Å². The predicted octanol–water partition coefficient (Wildman–Crippen LogP) is 1.41. The van der Waals surface area contributed by atoms with Crippen molar-refractivity contribution in [2.24, 2.45) is 5.10 Å². The van der Waals surface area contributed by atoms with Crippen LogP contribution in [0.25, 0.3) is 0 Å². The number of para-hydroxylation sites is 1. The van der Waals surface area contributed by atoms with E-state index in [1.807, 2.05) is 0 Å². The molecule has 17 heavy (non-hydrogen) atoms. The lowest BCUT2D eigenvalue weighted by molar-refractivity contribution is 0.101. The van der Waals surface area contributed by atoms with E-state index in [-0.39, 0.29) is 28.5 Å². The normalized spacial score (nSPS) is 8.65. The molecule has 0 aromatic heterocycles. The van der Waals surface area contributed by atoms with Gasteiger partial charge in [-0.2, -0.15) is 15.6 Å². The molecule has 84 valence electrons. The van der Waals surface area contributed by atoms with E-state index in [0.29, 0.717) is 0 Å². The number of nitriles is 2. The van der Waals surface area contributed by atoms with Crippen molar-refractivity contribution in [3.63, 3.8) is 0 Å². The monoisotopic (exact) mass is 228 g/mol. The van der Waals surface area contributed by atoms with Crippen LogP contribution in [-0.2, 0) is 0 Å². The summed E-state index contributed by atoms with van der Waals surface area (Å²) in [5.74, 6) is -0.560. The third-order valence-electron chi connectivity index (χ3n) is 1.92. The number of hydrogen-bond donors (Lipinski definition) is 2. The van der Waals surface area contributed by atoms with Crippen molar-refractivity contribution >= 4 is 17.2 Å². The van der Waals surface area contributed by atoms with Gasteiger partial charge in [0.2, 0.25) is 5.71 Å². The third kappa shape index (κ3) is 2.80. The van der Waals surface area contributed by atoms with Crippen LogP contribution in [0, 0.1) is 22.7 Å². The molecule has 0 saturated carbocycles. The molecule has 2 N–H and O–H groups in total. The lowest BCUT2D eigenvalue weighted by Gasteiger charge is -2.06. The standard InChI is InChI=1S/C11H8N4O2/c1-7(16)9-3-2-4-10(11(9)17)15-14-8(5-12)6-13/h2-4,15,17H,1H3. The predicted molar refractivity (Wildman–Crippen MR) is 60.4 cm³/mol. The summed E-state index contributed by atoms with van der Waals surface area (Å²) in [7, 11) is 0. The molecular formula is C11H8N4O2. The van der Waals surface area contributed by atoms with E-state index in [4.69, 9.17) is 10.5 Å². The number of nitrogens with one attached hydrogen (secondary N) is 1. The lowest BCUT2D eigenvalue weighted by atomic mass is 10.1. The number of benzene rings is 1. The Bertz CT molecular complexity index is 548. The van der Waals surface area contributed by atoms with E-state index >= 15 is 0 Å². The van der Waals surface area contributed by atoms with E-state index in [0.717, 1.165) is 0 Å². The number of rotatable bonds is 3. The van der Waals surface area contributed by atoms with Gasteiger partial charge in [-0.05, 0) is 19.1 Å². The Morgan fingerprint density at radius 3 is 2.59 bits per heavy atom. The first-order valence-corrected chi connectivity index (χ1v) is 4.57. The van der Waals surface area contributed by atoms with Gasteiger partial charge in [0.25, 0.3) is 0 Å². The summed E-state index contributed by atoms with van der Waals surface area (Å²) in [5, 5.41) is 30.1. The van der Waals surface area contributed by atoms with Gasteiger partial charge in [-0.25, -0.2) is 0 Å². The van der Waals surface area contributed by atoms with E-state index in [2.05, 4.69) is 10.5 Å². The molecule has 0 heterocycles. The Morgan fingerprint density at radius 1 is 1.41 bits per heavy atom. The summed E-state index contributed by atoms with van der Waals surface area (Å²) in [5.41, 5.74) is 2.27. The smallest absolute Gasteiger partial charge is 0.237 e. The van der Waals surface area contributed by atoms with E-state index < -0.39 is 0 Å². The van der Waals surface area contributed by atoms with Crippen molar-refractivity contribution in [2.45, 2.75) is 6.92 Å². The van der Waals surface area contributed by atoms with Crippen LogP contribution in [0.3, 0.4) is 0 Å². The highest BCUT2D eigenvalue weighted by Gasteiger charge is 2.10. The molecule has 1 rings (SSSR count). The van der Waals surface area contributed by atoms with Crippen LogP contribution < -0.4 is 5.43 Å². The van der Waals surface area contributed by atoms with Crippen LogP contribution in [0.1, 0.15) is 17.3 Å². The number of Topliss-reactive ketones (excluding diaryl/α,β-unsaturated/α-hetero) is 1. The quantitative estimate of drug-likeness (QED) is 0.352. The first-order valence-electron chi connectivity index (χ1n) is 4.57. The molecule has 0 aliphatic heterocycles. The highest BCUT2D eigenvalue weighted by atomic mass is 16.3. The largest absolute Gasteiger partial charge is 0.505 e. The molecule has 1 aromatic rings. The Hall–Kier alpha value is -2.86. The number of hydrogen-bond acceptors (Lipinski definition) is 6. The molecule has 0 atom stereocenters. The van der Waals surface area contributed by atoms with Crippen LogP contribution in [0.4, 0.5) is 5.69 Å². The number of nitrogens with zero attached hydrogens (tertiary/aromatic N) is 3. The van der Waals surface area contributed by atoms with Crippen molar-refractivity contribution in [3.05, 3.63) is 23.8 Å². The Balaban J connectivity index is 3.07. The van der Waals surface area contributed by atoms with Crippen molar-refractivity contribution in [2.75, 3.05) is 5.43 Å². The minimum absolute atomic E-state index is 0.140. The molecule has 0 aliphatic carbocycles. The fraction of sp³-hybridized carbons (Fsp3) is 0.0909. The highest BCUT2D eigenvalue weighted by Crippen LogP contribution is 2.27. The molecule has 0 fully saturated rings. The molecule has 0 aliphatic rings. The number of phenols is 1. The van der Waals surface area contributed by atoms with Crippen molar-refractivity contribution in [1.29, 1.82) is 10.5 Å². The summed E-state index contributed by atoms with van der Waals surface area (Å²) in [6, 6.07) is 7.59. The summed E-state index contributed by atoms with van der Waals surface area (Å²) >= 11 is 0. The summed E-state index contributed by atoms with van der Waals surface area (Å²) in [6.45, 7) is 1.32. The highest BCUT2D eigenvalue weighted by molar-refractivity contribution is 6.10. The number of carbonyl (C=O) groups excluding carboxylic acids is 1. The number of aromatic hydroxyl groups is 1. The summed E-state index contributed by atoms with van der Waals surface area (Å²) in [6.07, 6.45) is 0. The maximum Gasteiger partial charge on any atom is 0.237 e. The third-order valence-corrected chi connectivity index (χ3v) is 1.92. The fourth-order valence-electron chi connectivity index (χ4n) is 1.11. The van der Waals surface area contributed by atoms with Crippen molar-refractivity contribution in [3.8, 4) is 17.9 Å². The van der Waals surface area contributed by atoms with Crippen LogP contribution in [0.5, 0.6) is 5.75 Å². The molecule has 1 aromatic carbocycles. The van der Waals surface area contributed by atoms with Crippen molar-refractivity contribution < 1.29 is 9.90 Å². The van der Waals surface area contributed by atoms with Crippen LogP contribution in [-0.4, -0.2) is 16.6 Å². The summed E-state index contributed by atoms with van der Waals surface area (Å²) in [4.78, 5) is 11.1. The van der Waals surface area contributed by atoms with E-state index in [9.17, 15) is 9.90 Å². The first-order chi connectivity index (χ1) is 8.10. The molecular weight excluding hydrogens is 220 g/mol. The molecule has 0 saturated heterocycles. The van der Waals surface area contributed by atoms with Gasteiger partial charge in [-0.1, -0.05) is 6.07 Å². The molecule has 6 nitrogen and oxygen atoms in total. The first kappa shape index (κ1) is 12.2. The van der Waals surface area contributed by atoms with Crippen LogP contribution in [0.15, 0.2) is 23.3 Å². The average Bonchev–Trinajstić information content (AvgIpc) is 2.32. The second kappa shape index (κ2) is 5.29. The minimum Gasteiger partial charge on any atom is -0.505 e. The van der Waals surface area contributed by atoms with Gasteiger partial charge in [0.05, 0.1) is 11.3 Å². The molecule has 0 radical (unpaired) electrons. The Kier molecular flexibility index (Phi) is 3.80. The molecule has 0 amide bonds. The molecule has 0 bridgehead atoms. The van der Waals surface area contributed by atoms with Crippen LogP contribution >= 0.6 is 0 Å². The van der Waals surface area contributed by atoms with Gasteiger partial charge in [0.15, 0.2) is 11.5 Å². The number of ketones is 1. The van der Waals surface area contributed by atoms with Gasteiger partial charge < -0.3 is 5.11 Å². The number of hydrazone groups is 1. The SMILES string of the molecule is CC(=O)c1cccc(NN=C(C#N)C#N)c1O.